The summed E-state index contributed by atoms with van der Waals surface area (Å²) < 4.78 is 4.90. The smallest absolute Gasteiger partial charge is 0.255 e. The van der Waals surface area contributed by atoms with E-state index in [0.29, 0.717) is 25.3 Å². The van der Waals surface area contributed by atoms with Gasteiger partial charge in [0, 0.05) is 37.7 Å². The van der Waals surface area contributed by atoms with Gasteiger partial charge in [0.25, 0.3) is 5.91 Å². The molecule has 3 N–H and O–H groups in total. The molecule has 1 unspecified atom stereocenters. The van der Waals surface area contributed by atoms with Gasteiger partial charge in [-0.25, -0.2) is 0 Å². The summed E-state index contributed by atoms with van der Waals surface area (Å²) in [6, 6.07) is 7.47. The first kappa shape index (κ1) is 18.8. The van der Waals surface area contributed by atoms with Crippen LogP contribution in [0.4, 0.5) is 0 Å². The summed E-state index contributed by atoms with van der Waals surface area (Å²) in [5.41, 5.74) is 6.61. The molecule has 7 heteroatoms. The third kappa shape index (κ3) is 5.51. The van der Waals surface area contributed by atoms with Crippen LogP contribution in [0, 0.1) is 0 Å². The molecule has 132 valence electrons. The van der Waals surface area contributed by atoms with Crippen LogP contribution in [-0.4, -0.2) is 61.9 Å². The van der Waals surface area contributed by atoms with E-state index in [2.05, 4.69) is 5.32 Å². The van der Waals surface area contributed by atoms with Crippen molar-refractivity contribution in [1.82, 2.24) is 10.2 Å². The summed E-state index contributed by atoms with van der Waals surface area (Å²) in [5, 5.41) is 2.78. The second kappa shape index (κ2) is 9.66. The summed E-state index contributed by atoms with van der Waals surface area (Å²) in [7, 11) is 1.59. The number of carbonyl (C=O) groups is 2. The Labute approximate surface area is 147 Å². The molecule has 1 aromatic rings. The Hall–Kier alpha value is -1.57. The number of rotatable bonds is 7. The number of hydrogen-bond acceptors (Lipinski definition) is 5. The van der Waals surface area contributed by atoms with Crippen LogP contribution >= 0.6 is 11.8 Å². The Morgan fingerprint density at radius 1 is 1.42 bits per heavy atom. The molecule has 0 aromatic heterocycles. The summed E-state index contributed by atoms with van der Waals surface area (Å²) in [5.74, 6) is 0.195. The van der Waals surface area contributed by atoms with E-state index in [0.717, 1.165) is 24.3 Å². The zero-order valence-corrected chi connectivity index (χ0v) is 14.8. The van der Waals surface area contributed by atoms with E-state index < -0.39 is 0 Å². The van der Waals surface area contributed by atoms with Crippen molar-refractivity contribution in [3.8, 4) is 0 Å². The van der Waals surface area contributed by atoms with E-state index in [4.69, 9.17) is 10.5 Å². The normalized spacial score (nSPS) is 17.6. The summed E-state index contributed by atoms with van der Waals surface area (Å²) in [6.07, 6.45) is 1.89. The number of thioether (sulfide) groups is 1. The molecule has 2 rings (SSSR count). The molecule has 0 radical (unpaired) electrons. The molecule has 24 heavy (non-hydrogen) atoms. The quantitative estimate of drug-likeness (QED) is 0.568. The number of ether oxygens (including phenoxy) is 1. The molecular weight excluding hydrogens is 326 g/mol. The third-order valence-corrected chi connectivity index (χ3v) is 4.92. The van der Waals surface area contributed by atoms with Crippen molar-refractivity contribution in [3.05, 3.63) is 29.8 Å². The minimum Gasteiger partial charge on any atom is -0.383 e. The van der Waals surface area contributed by atoms with Crippen molar-refractivity contribution >= 4 is 23.6 Å². The number of hydrogen-bond donors (Lipinski definition) is 2. The van der Waals surface area contributed by atoms with E-state index in [1.807, 2.05) is 29.2 Å². The van der Waals surface area contributed by atoms with Crippen molar-refractivity contribution in [2.24, 2.45) is 5.73 Å². The highest BCUT2D eigenvalue weighted by molar-refractivity contribution is 8.00. The number of likely N-dealkylation sites (tertiary alicyclic amines) is 1. The molecule has 1 atom stereocenters. The lowest BCUT2D eigenvalue weighted by Gasteiger charge is -2.31. The van der Waals surface area contributed by atoms with Gasteiger partial charge in [-0.05, 0) is 25.0 Å². The number of piperidine rings is 1. The maximum atomic E-state index is 12.8. The fourth-order valence-electron chi connectivity index (χ4n) is 2.62. The van der Waals surface area contributed by atoms with Gasteiger partial charge in [-0.1, -0.05) is 12.1 Å². The average Bonchev–Trinajstić information content (AvgIpc) is 2.60. The zero-order chi connectivity index (χ0) is 17.4. The Balaban J connectivity index is 1.96. The highest BCUT2D eigenvalue weighted by Crippen LogP contribution is 2.24. The first-order valence-electron chi connectivity index (χ1n) is 8.14. The van der Waals surface area contributed by atoms with Crippen molar-refractivity contribution in [1.29, 1.82) is 0 Å². The van der Waals surface area contributed by atoms with Gasteiger partial charge >= 0.3 is 0 Å². The Kier molecular flexibility index (Phi) is 7.55. The largest absolute Gasteiger partial charge is 0.383 e. The lowest BCUT2D eigenvalue weighted by Crippen LogP contribution is -2.45. The number of nitrogens with one attached hydrogen (secondary N) is 1. The SMILES string of the molecule is COCCNC(=O)CSc1ccccc1C(=O)N1CCCC(N)C1. The van der Waals surface area contributed by atoms with Gasteiger partial charge in [0.1, 0.15) is 0 Å². The van der Waals surface area contributed by atoms with Gasteiger partial charge in [0.15, 0.2) is 0 Å². The number of methoxy groups -OCH3 is 1. The maximum Gasteiger partial charge on any atom is 0.255 e. The molecule has 1 heterocycles. The standard InChI is InChI=1S/C17H25N3O3S/c1-23-10-8-19-16(21)12-24-15-7-3-2-6-14(15)17(22)20-9-4-5-13(18)11-20/h2-3,6-7,13H,4-5,8-12,18H2,1H3,(H,19,21). The number of carbonyl (C=O) groups excluding carboxylic acids is 2. The fourth-order valence-corrected chi connectivity index (χ4v) is 3.50. The van der Waals surface area contributed by atoms with E-state index >= 15 is 0 Å². The maximum absolute atomic E-state index is 12.8. The van der Waals surface area contributed by atoms with E-state index in [-0.39, 0.29) is 23.6 Å². The fraction of sp³-hybridized carbons (Fsp3) is 0.529. The van der Waals surface area contributed by atoms with E-state index in [1.165, 1.54) is 11.8 Å². The van der Waals surface area contributed by atoms with Crippen LogP contribution in [0.25, 0.3) is 0 Å². The predicted octanol–water partition coefficient (Wildman–Crippen LogP) is 1.10. The highest BCUT2D eigenvalue weighted by Gasteiger charge is 2.24. The lowest BCUT2D eigenvalue weighted by molar-refractivity contribution is -0.118. The monoisotopic (exact) mass is 351 g/mol. The Bertz CT molecular complexity index is 568. The molecule has 1 aliphatic rings. The van der Waals surface area contributed by atoms with Gasteiger partial charge in [0.05, 0.1) is 17.9 Å². The van der Waals surface area contributed by atoms with Crippen molar-refractivity contribution < 1.29 is 14.3 Å². The highest BCUT2D eigenvalue weighted by atomic mass is 32.2. The third-order valence-electron chi connectivity index (χ3n) is 3.85. The average molecular weight is 351 g/mol. The molecule has 0 bridgehead atoms. The Morgan fingerprint density at radius 3 is 2.96 bits per heavy atom. The minimum absolute atomic E-state index is 0.00644. The number of amides is 2. The molecule has 1 fully saturated rings. The molecule has 2 amide bonds. The number of benzene rings is 1. The van der Waals surface area contributed by atoms with E-state index in [1.54, 1.807) is 7.11 Å². The topological polar surface area (TPSA) is 84.7 Å². The minimum atomic E-state index is -0.0701. The molecule has 1 saturated heterocycles. The van der Waals surface area contributed by atoms with Crippen LogP contribution in [-0.2, 0) is 9.53 Å². The van der Waals surface area contributed by atoms with Crippen LogP contribution in [0.5, 0.6) is 0 Å². The van der Waals surface area contributed by atoms with Crippen LogP contribution < -0.4 is 11.1 Å². The molecular formula is C17H25N3O3S. The second-order valence-corrected chi connectivity index (χ2v) is 6.80. The molecule has 1 aliphatic heterocycles. The molecule has 0 saturated carbocycles. The van der Waals surface area contributed by atoms with Crippen LogP contribution in [0.15, 0.2) is 29.2 Å². The van der Waals surface area contributed by atoms with E-state index in [9.17, 15) is 9.59 Å². The molecule has 1 aromatic carbocycles. The van der Waals surface area contributed by atoms with Crippen molar-refractivity contribution in [2.75, 3.05) is 39.1 Å². The molecule has 0 spiro atoms. The van der Waals surface area contributed by atoms with Gasteiger partial charge in [-0.3, -0.25) is 9.59 Å². The van der Waals surface area contributed by atoms with Gasteiger partial charge in [-0.2, -0.15) is 0 Å². The van der Waals surface area contributed by atoms with Gasteiger partial charge in [-0.15, -0.1) is 11.8 Å². The van der Waals surface area contributed by atoms with Crippen LogP contribution in [0.3, 0.4) is 0 Å². The van der Waals surface area contributed by atoms with Crippen LogP contribution in [0.1, 0.15) is 23.2 Å². The molecule has 6 nitrogen and oxygen atoms in total. The summed E-state index contributed by atoms with van der Waals surface area (Å²) >= 11 is 1.37. The summed E-state index contributed by atoms with van der Waals surface area (Å²) in [4.78, 5) is 27.2. The first-order chi connectivity index (χ1) is 11.6. The predicted molar refractivity (Wildman–Crippen MR) is 95.2 cm³/mol. The van der Waals surface area contributed by atoms with Gasteiger partial charge in [0.2, 0.25) is 5.91 Å². The van der Waals surface area contributed by atoms with Crippen LogP contribution in [0.2, 0.25) is 0 Å². The first-order valence-corrected chi connectivity index (χ1v) is 9.12. The Morgan fingerprint density at radius 2 is 2.21 bits per heavy atom. The van der Waals surface area contributed by atoms with Gasteiger partial charge < -0.3 is 20.7 Å². The summed E-state index contributed by atoms with van der Waals surface area (Å²) in [6.45, 7) is 2.31. The van der Waals surface area contributed by atoms with Crippen molar-refractivity contribution in [3.63, 3.8) is 0 Å². The van der Waals surface area contributed by atoms with Crippen molar-refractivity contribution in [2.45, 2.75) is 23.8 Å². The second-order valence-electron chi connectivity index (χ2n) is 5.78. The zero-order valence-electron chi connectivity index (χ0n) is 14.0. The lowest BCUT2D eigenvalue weighted by atomic mass is 10.1. The number of nitrogens with zero attached hydrogens (tertiary/aromatic N) is 1. The number of nitrogens with two attached hydrogens (primary N) is 1. The molecule has 0 aliphatic carbocycles.